The van der Waals surface area contributed by atoms with Crippen LogP contribution in [-0.2, 0) is 0 Å². The second kappa shape index (κ2) is 6.24. The Morgan fingerprint density at radius 3 is 2.33 bits per heavy atom. The number of hydrogen-bond acceptors (Lipinski definition) is 1. The molecule has 1 rings (SSSR count). The number of benzene rings is 1. The van der Waals surface area contributed by atoms with Gasteiger partial charge in [-0.3, -0.25) is 0 Å². The van der Waals surface area contributed by atoms with E-state index in [0.717, 1.165) is 18.2 Å². The third-order valence-corrected chi connectivity index (χ3v) is 1.64. The van der Waals surface area contributed by atoms with E-state index in [0.29, 0.717) is 0 Å². The van der Waals surface area contributed by atoms with Crippen LogP contribution in [0, 0.1) is 5.82 Å². The molecule has 15 heavy (non-hydrogen) atoms. The van der Waals surface area contributed by atoms with Crippen LogP contribution in [-0.4, -0.2) is 13.6 Å². The maximum atomic E-state index is 13.0. The van der Waals surface area contributed by atoms with Crippen molar-refractivity contribution in [3.8, 4) is 5.75 Å². The smallest absolute Gasteiger partial charge is 0.494 e. The summed E-state index contributed by atoms with van der Waals surface area (Å²) in [6, 6.07) is 2.77. The molecule has 1 nitrogen and oxygen atoms in total. The van der Waals surface area contributed by atoms with Crippen molar-refractivity contribution in [3.05, 3.63) is 24.0 Å². The van der Waals surface area contributed by atoms with Gasteiger partial charge in [0.2, 0.25) is 0 Å². The minimum absolute atomic E-state index is 0. The van der Waals surface area contributed by atoms with Crippen LogP contribution in [0.2, 0.25) is 0 Å². The van der Waals surface area contributed by atoms with Crippen molar-refractivity contribution in [3.63, 3.8) is 0 Å². The van der Waals surface area contributed by atoms with Gasteiger partial charge in [0.25, 0.3) is 0 Å². The summed E-state index contributed by atoms with van der Waals surface area (Å²) in [5.41, 5.74) is -1.02. The fourth-order valence-electron chi connectivity index (χ4n) is 1.08. The predicted molar refractivity (Wildman–Crippen MR) is 46.3 cm³/mol. The van der Waals surface area contributed by atoms with E-state index in [9.17, 15) is 17.3 Å². The molecule has 0 aliphatic heterocycles. The van der Waals surface area contributed by atoms with Gasteiger partial charge in [0.05, 0.1) is 6.61 Å². The average Bonchev–Trinajstić information content (AvgIpc) is 2.07. The van der Waals surface area contributed by atoms with Crippen LogP contribution < -0.4 is 61.6 Å². The Hall–Kier alpha value is 0.441. The maximum absolute atomic E-state index is 13.0. The van der Waals surface area contributed by atoms with Gasteiger partial charge in [-0.1, -0.05) is 17.6 Å². The van der Waals surface area contributed by atoms with E-state index < -0.39 is 24.0 Å². The van der Waals surface area contributed by atoms with Crippen molar-refractivity contribution < 1.29 is 73.5 Å². The van der Waals surface area contributed by atoms with E-state index in [2.05, 4.69) is 4.74 Å². The van der Waals surface area contributed by atoms with Gasteiger partial charge in [0, 0.05) is 0 Å². The number of hydrogen-bond donors (Lipinski definition) is 0. The normalized spacial score (nSPS) is 10.7. The standard InChI is InChI=1S/C8H8BF4O.K/c1-2-14-8-6(9(11,12)13)4-3-5-7(8)10;/h3-5H,2H2,1H3;/q-1;+1. The molecule has 0 aliphatic rings. The average molecular weight is 246 g/mol. The summed E-state index contributed by atoms with van der Waals surface area (Å²) in [6.07, 6.45) is 0. The minimum atomic E-state index is -5.23. The molecule has 0 fully saturated rings. The maximum Gasteiger partial charge on any atom is 1.00 e. The Morgan fingerprint density at radius 2 is 1.87 bits per heavy atom. The van der Waals surface area contributed by atoms with Gasteiger partial charge in [-0.15, -0.1) is 0 Å². The van der Waals surface area contributed by atoms with E-state index in [4.69, 9.17) is 0 Å². The molecule has 7 heteroatoms. The third-order valence-electron chi connectivity index (χ3n) is 1.64. The zero-order valence-corrected chi connectivity index (χ0v) is 11.6. The SMILES string of the molecule is CCOc1c(F)cccc1[B-](F)(F)F.[K+]. The zero-order valence-electron chi connectivity index (χ0n) is 8.44. The Kier molecular flexibility index (Phi) is 6.43. The molecule has 1 aromatic rings. The molecule has 0 N–H and O–H groups in total. The Morgan fingerprint density at radius 1 is 1.27 bits per heavy atom. The molecule has 1 aromatic carbocycles. The first-order chi connectivity index (χ1) is 6.46. The van der Waals surface area contributed by atoms with Crippen molar-refractivity contribution in [2.45, 2.75) is 6.92 Å². The molecule has 0 aromatic heterocycles. The topological polar surface area (TPSA) is 9.23 Å². The predicted octanol–water partition coefficient (Wildman–Crippen LogP) is -0.717. The second-order valence-corrected chi connectivity index (χ2v) is 2.67. The zero-order chi connectivity index (χ0) is 10.8. The molecule has 0 saturated heterocycles. The van der Waals surface area contributed by atoms with Crippen molar-refractivity contribution in [2.24, 2.45) is 0 Å². The van der Waals surface area contributed by atoms with Crippen molar-refractivity contribution >= 4 is 12.4 Å². The fraction of sp³-hybridized carbons (Fsp3) is 0.250. The monoisotopic (exact) mass is 246 g/mol. The first-order valence-corrected chi connectivity index (χ1v) is 4.08. The van der Waals surface area contributed by atoms with E-state index >= 15 is 0 Å². The molecule has 78 valence electrons. The summed E-state index contributed by atoms with van der Waals surface area (Å²) >= 11 is 0. The van der Waals surface area contributed by atoms with E-state index in [1.807, 2.05) is 0 Å². The molecule has 0 unspecified atom stereocenters. The van der Waals surface area contributed by atoms with Crippen LogP contribution in [0.3, 0.4) is 0 Å². The van der Waals surface area contributed by atoms with Crippen molar-refractivity contribution in [1.82, 2.24) is 0 Å². The van der Waals surface area contributed by atoms with Gasteiger partial charge in [0.1, 0.15) is 5.75 Å². The molecule has 0 spiro atoms. The van der Waals surface area contributed by atoms with Crippen molar-refractivity contribution in [1.29, 1.82) is 0 Å². The summed E-state index contributed by atoms with van der Waals surface area (Å²) in [6.45, 7) is -3.73. The first kappa shape index (κ1) is 15.4. The molecule has 0 bridgehead atoms. The molecular weight excluding hydrogens is 238 g/mol. The van der Waals surface area contributed by atoms with E-state index in [-0.39, 0.29) is 58.0 Å². The summed E-state index contributed by atoms with van der Waals surface area (Å²) in [7, 11) is 0. The molecule has 0 heterocycles. The Labute approximate surface area is 128 Å². The summed E-state index contributed by atoms with van der Waals surface area (Å²) in [5.74, 6) is -1.69. The molecule has 0 aliphatic carbocycles. The third kappa shape index (κ3) is 4.07. The molecule has 0 atom stereocenters. The Bertz CT molecular complexity index is 329. The summed E-state index contributed by atoms with van der Waals surface area (Å²) in [5, 5.41) is 0. The van der Waals surface area contributed by atoms with Gasteiger partial charge in [-0.25, -0.2) is 4.39 Å². The summed E-state index contributed by atoms with van der Waals surface area (Å²) in [4.78, 5) is 0. The van der Waals surface area contributed by atoms with Gasteiger partial charge < -0.3 is 17.7 Å². The second-order valence-electron chi connectivity index (χ2n) is 2.67. The van der Waals surface area contributed by atoms with Gasteiger partial charge >= 0.3 is 58.4 Å². The quantitative estimate of drug-likeness (QED) is 0.505. The summed E-state index contributed by atoms with van der Waals surface area (Å²) < 4.78 is 54.7. The largest absolute Gasteiger partial charge is 1.00 e. The number of ether oxygens (including phenoxy) is 1. The number of para-hydroxylation sites is 1. The van der Waals surface area contributed by atoms with Crippen LogP contribution in [0.1, 0.15) is 6.92 Å². The molecule has 0 saturated carbocycles. The van der Waals surface area contributed by atoms with Crippen LogP contribution in [0.4, 0.5) is 17.3 Å². The molecule has 0 amide bonds. The van der Waals surface area contributed by atoms with Crippen LogP contribution >= 0.6 is 0 Å². The van der Waals surface area contributed by atoms with Gasteiger partial charge in [-0.05, 0) is 13.0 Å². The van der Waals surface area contributed by atoms with Gasteiger partial charge in [0.15, 0.2) is 5.82 Å². The Balaban J connectivity index is 0.00000196. The van der Waals surface area contributed by atoms with Gasteiger partial charge in [-0.2, -0.15) is 0 Å². The van der Waals surface area contributed by atoms with Crippen LogP contribution in [0.25, 0.3) is 0 Å². The fourth-order valence-corrected chi connectivity index (χ4v) is 1.08. The number of halogens is 4. The van der Waals surface area contributed by atoms with Crippen molar-refractivity contribution in [2.75, 3.05) is 6.61 Å². The van der Waals surface area contributed by atoms with E-state index in [1.165, 1.54) is 6.92 Å². The molecular formula is C8H8BF4KO. The number of rotatable bonds is 3. The first-order valence-electron chi connectivity index (χ1n) is 4.08. The minimum Gasteiger partial charge on any atom is -0.494 e. The van der Waals surface area contributed by atoms with Crippen LogP contribution in [0.15, 0.2) is 18.2 Å². The molecule has 0 radical (unpaired) electrons. The van der Waals surface area contributed by atoms with Crippen LogP contribution in [0.5, 0.6) is 5.75 Å². The van der Waals surface area contributed by atoms with E-state index in [1.54, 1.807) is 0 Å².